The van der Waals surface area contributed by atoms with Crippen molar-refractivity contribution < 1.29 is 19.1 Å². The predicted octanol–water partition coefficient (Wildman–Crippen LogP) is 8.42. The van der Waals surface area contributed by atoms with Crippen LogP contribution in [-0.2, 0) is 11.3 Å². The van der Waals surface area contributed by atoms with E-state index in [2.05, 4.69) is 24.8 Å². The lowest BCUT2D eigenvalue weighted by molar-refractivity contribution is -0.133. The first-order valence-corrected chi connectivity index (χ1v) is 17.3. The van der Waals surface area contributed by atoms with Gasteiger partial charge in [0.25, 0.3) is 0 Å². The van der Waals surface area contributed by atoms with E-state index in [1.807, 2.05) is 64.1 Å². The highest BCUT2D eigenvalue weighted by Gasteiger charge is 2.29. The largest absolute Gasteiger partial charge is 0.477 e. The fourth-order valence-corrected chi connectivity index (χ4v) is 8.14. The topological polar surface area (TPSA) is 78.7 Å². The molecule has 244 valence electrons. The number of hydrogen-bond donors (Lipinski definition) is 1. The van der Waals surface area contributed by atoms with E-state index < -0.39 is 5.97 Å². The molecule has 1 fully saturated rings. The lowest BCUT2D eigenvalue weighted by atomic mass is 9.99. The average molecular weight is 661 g/mol. The monoisotopic (exact) mass is 660 g/mol. The minimum atomic E-state index is -0.984. The molecule has 48 heavy (non-hydrogen) atoms. The predicted molar refractivity (Wildman–Crippen MR) is 191 cm³/mol. The Balaban J connectivity index is 1.33. The number of nitrogens with zero attached hydrogens (tertiary/aromatic N) is 4. The van der Waals surface area contributed by atoms with Crippen molar-refractivity contribution in [2.45, 2.75) is 39.3 Å². The summed E-state index contributed by atoms with van der Waals surface area (Å²) in [6.45, 7) is 7.88. The molecule has 0 spiro atoms. The number of aromatic carboxylic acids is 1. The Bertz CT molecular complexity index is 2110. The number of rotatable bonds is 9. The van der Waals surface area contributed by atoms with Crippen molar-refractivity contribution in [2.24, 2.45) is 0 Å². The number of carbonyl (C=O) groups excluding carboxylic acids is 1. The molecule has 1 aliphatic rings. The molecule has 4 heterocycles. The van der Waals surface area contributed by atoms with Gasteiger partial charge in [0.2, 0.25) is 5.91 Å². The van der Waals surface area contributed by atoms with Gasteiger partial charge in [-0.1, -0.05) is 56.3 Å². The average Bonchev–Trinajstić information content (AvgIpc) is 3.68. The molecule has 1 aliphatic heterocycles. The van der Waals surface area contributed by atoms with Gasteiger partial charge in [0.15, 0.2) is 0 Å². The summed E-state index contributed by atoms with van der Waals surface area (Å²) in [6.07, 6.45) is 1.88. The van der Waals surface area contributed by atoms with Crippen molar-refractivity contribution in [2.75, 3.05) is 26.2 Å². The van der Waals surface area contributed by atoms with Crippen molar-refractivity contribution in [1.82, 2.24) is 19.4 Å². The number of carboxylic acids is 1. The molecular formula is C39H37FN4O3S. The Morgan fingerprint density at radius 2 is 1.60 bits per heavy atom. The maximum absolute atomic E-state index is 14.0. The third-order valence-electron chi connectivity index (χ3n) is 9.55. The highest BCUT2D eigenvalue weighted by Crippen LogP contribution is 2.45. The molecule has 7 nitrogen and oxygen atoms in total. The summed E-state index contributed by atoms with van der Waals surface area (Å²) in [7, 11) is 0. The summed E-state index contributed by atoms with van der Waals surface area (Å²) >= 11 is 1.24. The summed E-state index contributed by atoms with van der Waals surface area (Å²) in [6, 6.07) is 28.5. The van der Waals surface area contributed by atoms with E-state index in [1.54, 1.807) is 18.2 Å². The maximum atomic E-state index is 14.0. The molecule has 3 aromatic carbocycles. The maximum Gasteiger partial charge on any atom is 0.345 e. The molecule has 0 aliphatic carbocycles. The zero-order valence-corrected chi connectivity index (χ0v) is 27.8. The third-order valence-corrected chi connectivity index (χ3v) is 10.7. The molecule has 0 radical (unpaired) electrons. The van der Waals surface area contributed by atoms with Crippen LogP contribution in [0.15, 0.2) is 91.0 Å². The van der Waals surface area contributed by atoms with Gasteiger partial charge in [-0.05, 0) is 85.6 Å². The summed E-state index contributed by atoms with van der Waals surface area (Å²) in [5, 5.41) is 10.9. The van der Waals surface area contributed by atoms with E-state index in [0.717, 1.165) is 80.7 Å². The summed E-state index contributed by atoms with van der Waals surface area (Å²) in [5.74, 6) is -1.25. The first kappa shape index (κ1) is 31.7. The van der Waals surface area contributed by atoms with Crippen LogP contribution < -0.4 is 0 Å². The number of carboxylic acid groups (broad SMARTS) is 1. The molecule has 0 unspecified atom stereocenters. The van der Waals surface area contributed by atoms with Crippen LogP contribution in [0.25, 0.3) is 54.8 Å². The Kier molecular flexibility index (Phi) is 8.81. The second kappa shape index (κ2) is 13.3. The van der Waals surface area contributed by atoms with Gasteiger partial charge in [-0.15, -0.1) is 11.3 Å². The van der Waals surface area contributed by atoms with Crippen molar-refractivity contribution in [3.8, 4) is 33.6 Å². The number of hydrogen-bond acceptors (Lipinski definition) is 5. The van der Waals surface area contributed by atoms with Crippen LogP contribution in [-0.4, -0.2) is 68.6 Å². The summed E-state index contributed by atoms with van der Waals surface area (Å²) < 4.78 is 16.4. The van der Waals surface area contributed by atoms with E-state index in [1.165, 1.54) is 23.5 Å². The molecular weight excluding hydrogens is 624 g/mol. The minimum Gasteiger partial charge on any atom is -0.477 e. The van der Waals surface area contributed by atoms with Gasteiger partial charge in [-0.25, -0.2) is 14.2 Å². The molecule has 1 amide bonds. The Morgan fingerprint density at radius 3 is 2.29 bits per heavy atom. The molecule has 7 rings (SSSR count). The van der Waals surface area contributed by atoms with Crippen LogP contribution >= 0.6 is 11.3 Å². The quantitative estimate of drug-likeness (QED) is 0.169. The van der Waals surface area contributed by atoms with Gasteiger partial charge in [0.05, 0.1) is 27.1 Å². The standard InChI is InChI=1S/C39H37FN4O3S/c1-3-42(4-2)30-18-20-43(21-19-30)35(45)24-44-33-23-34(39(46)47)48-38(33)36(26-8-6-5-7-9-26)37(44)28-13-17-32-27(22-28)12-16-31(41-32)25-10-14-29(40)15-11-25/h5-17,22-23,30H,3-4,18-21,24H2,1-2H3,(H,46,47). The zero-order valence-electron chi connectivity index (χ0n) is 27.0. The zero-order chi connectivity index (χ0) is 33.4. The van der Waals surface area contributed by atoms with Gasteiger partial charge < -0.3 is 19.5 Å². The number of pyridine rings is 1. The van der Waals surface area contributed by atoms with E-state index in [4.69, 9.17) is 4.98 Å². The summed E-state index contributed by atoms with van der Waals surface area (Å²) in [4.78, 5) is 35.8. The lowest BCUT2D eigenvalue weighted by Gasteiger charge is -2.37. The molecule has 6 aromatic rings. The number of likely N-dealkylation sites (tertiary alicyclic amines) is 1. The van der Waals surface area contributed by atoms with Crippen LogP contribution in [0.4, 0.5) is 4.39 Å². The Labute approximate surface area is 282 Å². The number of aromatic nitrogens is 2. The Morgan fingerprint density at radius 1 is 0.896 bits per heavy atom. The van der Waals surface area contributed by atoms with Gasteiger partial charge in [0, 0.05) is 35.6 Å². The molecule has 0 bridgehead atoms. The minimum absolute atomic E-state index is 0.0280. The normalized spacial score (nSPS) is 14.0. The van der Waals surface area contributed by atoms with Gasteiger partial charge >= 0.3 is 5.97 Å². The van der Waals surface area contributed by atoms with E-state index >= 15 is 0 Å². The molecule has 0 atom stereocenters. The van der Waals surface area contributed by atoms with Gasteiger partial charge in [-0.3, -0.25) is 4.79 Å². The van der Waals surface area contributed by atoms with Crippen LogP contribution in [0.5, 0.6) is 0 Å². The second-order valence-corrected chi connectivity index (χ2v) is 13.3. The van der Waals surface area contributed by atoms with E-state index in [-0.39, 0.29) is 23.1 Å². The number of piperidine rings is 1. The van der Waals surface area contributed by atoms with Crippen molar-refractivity contribution in [3.05, 3.63) is 102 Å². The van der Waals surface area contributed by atoms with Gasteiger partial charge in [-0.2, -0.15) is 0 Å². The SMILES string of the molecule is CCN(CC)C1CCN(C(=O)Cn2c(-c3ccc4nc(-c5ccc(F)cc5)ccc4c3)c(-c3ccccc3)c3sc(C(=O)O)cc32)CC1. The molecule has 9 heteroatoms. The first-order valence-electron chi connectivity index (χ1n) is 16.5. The van der Waals surface area contributed by atoms with E-state index in [9.17, 15) is 19.1 Å². The lowest BCUT2D eigenvalue weighted by Crippen LogP contribution is -2.47. The van der Waals surface area contributed by atoms with Crippen LogP contribution in [0.3, 0.4) is 0 Å². The highest BCUT2D eigenvalue weighted by atomic mass is 32.1. The van der Waals surface area contributed by atoms with Crippen LogP contribution in [0.2, 0.25) is 0 Å². The Hall–Kier alpha value is -4.86. The molecule has 1 saturated heterocycles. The van der Waals surface area contributed by atoms with E-state index in [0.29, 0.717) is 19.1 Å². The van der Waals surface area contributed by atoms with Crippen molar-refractivity contribution in [1.29, 1.82) is 0 Å². The number of thiophene rings is 1. The number of carbonyl (C=O) groups is 2. The number of benzene rings is 3. The molecule has 3 aromatic heterocycles. The highest BCUT2D eigenvalue weighted by molar-refractivity contribution is 7.21. The van der Waals surface area contributed by atoms with Crippen LogP contribution in [0, 0.1) is 5.82 Å². The summed E-state index contributed by atoms with van der Waals surface area (Å²) in [5.41, 5.74) is 6.75. The van der Waals surface area contributed by atoms with Crippen LogP contribution in [0.1, 0.15) is 36.4 Å². The fraction of sp³-hybridized carbons (Fsp3) is 0.256. The fourth-order valence-electron chi connectivity index (χ4n) is 7.08. The smallest absolute Gasteiger partial charge is 0.345 e. The number of halogens is 1. The molecule has 0 saturated carbocycles. The second-order valence-electron chi connectivity index (χ2n) is 12.2. The van der Waals surface area contributed by atoms with Gasteiger partial charge in [0.1, 0.15) is 17.2 Å². The number of fused-ring (bicyclic) bond motifs is 2. The third kappa shape index (κ3) is 6.00. The first-order chi connectivity index (χ1) is 23.3. The number of amides is 1. The van der Waals surface area contributed by atoms with Crippen molar-refractivity contribution in [3.63, 3.8) is 0 Å². The molecule has 1 N–H and O–H groups in total. The van der Waals surface area contributed by atoms with Crippen molar-refractivity contribution >= 4 is 44.3 Å².